The van der Waals surface area contributed by atoms with Crippen molar-refractivity contribution in [1.29, 1.82) is 0 Å². The molecule has 0 unspecified atom stereocenters. The molecule has 0 saturated heterocycles. The molecule has 0 atom stereocenters. The molecule has 3 aromatic carbocycles. The van der Waals surface area contributed by atoms with Crippen molar-refractivity contribution < 1.29 is 9.53 Å². The van der Waals surface area contributed by atoms with Crippen LogP contribution in [0.25, 0.3) is 0 Å². The molecule has 0 aliphatic rings. The Balaban J connectivity index is 1.49. The largest absolute Gasteiger partial charge is 0.492 e. The van der Waals surface area contributed by atoms with E-state index in [-0.39, 0.29) is 11.0 Å². The predicted molar refractivity (Wildman–Crippen MR) is 123 cm³/mol. The lowest BCUT2D eigenvalue weighted by molar-refractivity contribution is 0.0976. The summed E-state index contributed by atoms with van der Waals surface area (Å²) in [6.45, 7) is 1.11. The maximum Gasteiger partial charge on any atom is 0.257 e. The average molecular weight is 469 g/mol. The summed E-state index contributed by atoms with van der Waals surface area (Å²) in [5.41, 5.74) is 2.80. The second-order valence-electron chi connectivity index (χ2n) is 6.35. The summed E-state index contributed by atoms with van der Waals surface area (Å²) in [7, 11) is 0. The van der Waals surface area contributed by atoms with Gasteiger partial charge in [0, 0.05) is 18.5 Å². The molecule has 2 N–H and O–H groups in total. The summed E-state index contributed by atoms with van der Waals surface area (Å²) in [5, 5.41) is 6.02. The zero-order valence-corrected chi connectivity index (χ0v) is 18.1. The van der Waals surface area contributed by atoms with Crippen LogP contribution < -0.4 is 15.4 Å². The SMILES string of the molecule is O=C(NC(=S)NCc1ccccc1)c1ccc(OCCc2ccccc2)c(Br)c1. The first-order chi connectivity index (χ1) is 14.1. The van der Waals surface area contributed by atoms with Crippen molar-refractivity contribution in [3.8, 4) is 5.75 Å². The molecule has 0 radical (unpaired) electrons. The van der Waals surface area contributed by atoms with E-state index in [2.05, 4.69) is 38.7 Å². The van der Waals surface area contributed by atoms with Crippen molar-refractivity contribution in [3.05, 3.63) is 100 Å². The van der Waals surface area contributed by atoms with E-state index in [9.17, 15) is 4.79 Å². The zero-order valence-electron chi connectivity index (χ0n) is 15.7. The second kappa shape index (κ2) is 10.7. The highest BCUT2D eigenvalue weighted by molar-refractivity contribution is 9.10. The molecule has 0 saturated carbocycles. The lowest BCUT2D eigenvalue weighted by Gasteiger charge is -2.12. The van der Waals surface area contributed by atoms with Crippen LogP contribution in [0.4, 0.5) is 0 Å². The first-order valence-electron chi connectivity index (χ1n) is 9.21. The van der Waals surface area contributed by atoms with Gasteiger partial charge in [-0.3, -0.25) is 10.1 Å². The fraction of sp³-hybridized carbons (Fsp3) is 0.130. The van der Waals surface area contributed by atoms with Gasteiger partial charge in [0.05, 0.1) is 11.1 Å². The molecule has 4 nitrogen and oxygen atoms in total. The molecule has 148 valence electrons. The summed E-state index contributed by atoms with van der Waals surface area (Å²) < 4.78 is 6.55. The number of carbonyl (C=O) groups excluding carboxylic acids is 1. The predicted octanol–water partition coefficient (Wildman–Crippen LogP) is 4.88. The molecule has 0 fully saturated rings. The summed E-state index contributed by atoms with van der Waals surface area (Å²) in [5.74, 6) is 0.425. The molecule has 6 heteroatoms. The van der Waals surface area contributed by atoms with E-state index in [0.717, 1.165) is 16.5 Å². The van der Waals surface area contributed by atoms with Gasteiger partial charge in [-0.2, -0.15) is 0 Å². The number of ether oxygens (including phenoxy) is 1. The van der Waals surface area contributed by atoms with Gasteiger partial charge >= 0.3 is 0 Å². The Morgan fingerprint density at radius 3 is 2.24 bits per heavy atom. The third-order valence-electron chi connectivity index (χ3n) is 4.21. The van der Waals surface area contributed by atoms with Gasteiger partial charge in [0.25, 0.3) is 5.91 Å². The number of thiocarbonyl (C=S) groups is 1. The minimum atomic E-state index is -0.271. The number of carbonyl (C=O) groups is 1. The lowest BCUT2D eigenvalue weighted by Crippen LogP contribution is -2.38. The highest BCUT2D eigenvalue weighted by Gasteiger charge is 2.11. The van der Waals surface area contributed by atoms with E-state index < -0.39 is 0 Å². The minimum absolute atomic E-state index is 0.271. The number of hydrogen-bond donors (Lipinski definition) is 2. The first kappa shape index (κ1) is 21.0. The molecule has 0 aliphatic carbocycles. The van der Waals surface area contributed by atoms with Gasteiger partial charge in [-0.05, 0) is 57.5 Å². The van der Waals surface area contributed by atoms with Crippen molar-refractivity contribution in [2.45, 2.75) is 13.0 Å². The second-order valence-corrected chi connectivity index (χ2v) is 7.61. The van der Waals surface area contributed by atoms with Crippen molar-refractivity contribution in [1.82, 2.24) is 10.6 Å². The van der Waals surface area contributed by atoms with Crippen LogP contribution in [-0.2, 0) is 13.0 Å². The number of hydrogen-bond acceptors (Lipinski definition) is 3. The molecular weight excluding hydrogens is 448 g/mol. The van der Waals surface area contributed by atoms with Crippen LogP contribution in [0, 0.1) is 0 Å². The van der Waals surface area contributed by atoms with E-state index in [4.69, 9.17) is 17.0 Å². The minimum Gasteiger partial charge on any atom is -0.492 e. The fourth-order valence-electron chi connectivity index (χ4n) is 2.68. The number of nitrogens with one attached hydrogen (secondary N) is 2. The molecule has 3 rings (SSSR count). The first-order valence-corrected chi connectivity index (χ1v) is 10.4. The molecule has 0 aromatic heterocycles. The third kappa shape index (κ3) is 6.69. The lowest BCUT2D eigenvalue weighted by atomic mass is 10.2. The Kier molecular flexibility index (Phi) is 7.78. The fourth-order valence-corrected chi connectivity index (χ4v) is 3.34. The maximum absolute atomic E-state index is 12.4. The number of rotatable bonds is 7. The monoisotopic (exact) mass is 468 g/mol. The van der Waals surface area contributed by atoms with Crippen molar-refractivity contribution >= 4 is 39.2 Å². The average Bonchev–Trinajstić information content (AvgIpc) is 2.75. The van der Waals surface area contributed by atoms with Crippen LogP contribution in [0.1, 0.15) is 21.5 Å². The highest BCUT2D eigenvalue weighted by Crippen LogP contribution is 2.26. The molecule has 0 aliphatic heterocycles. The Hall–Kier alpha value is -2.70. The standard InChI is InChI=1S/C23H21BrN2O2S/c24-20-15-19(11-12-21(20)28-14-13-17-7-3-1-4-8-17)22(27)26-23(29)25-16-18-9-5-2-6-10-18/h1-12,15H,13-14,16H2,(H2,25,26,27,29). The topological polar surface area (TPSA) is 50.4 Å². The van der Waals surface area contributed by atoms with Gasteiger partial charge < -0.3 is 10.1 Å². The summed E-state index contributed by atoms with van der Waals surface area (Å²) in [6.07, 6.45) is 0.816. The summed E-state index contributed by atoms with van der Waals surface area (Å²) >= 11 is 8.69. The number of amides is 1. The van der Waals surface area contributed by atoms with Gasteiger partial charge in [-0.15, -0.1) is 0 Å². The third-order valence-corrected chi connectivity index (χ3v) is 5.07. The van der Waals surface area contributed by atoms with Gasteiger partial charge in [-0.1, -0.05) is 60.7 Å². The summed E-state index contributed by atoms with van der Waals surface area (Å²) in [6, 6.07) is 25.2. The van der Waals surface area contributed by atoms with E-state index in [0.29, 0.717) is 24.5 Å². The van der Waals surface area contributed by atoms with Gasteiger partial charge in [-0.25, -0.2) is 0 Å². The Morgan fingerprint density at radius 1 is 0.931 bits per heavy atom. The summed E-state index contributed by atoms with van der Waals surface area (Å²) in [4.78, 5) is 12.4. The quantitative estimate of drug-likeness (QED) is 0.485. The van der Waals surface area contributed by atoms with Crippen molar-refractivity contribution in [2.24, 2.45) is 0 Å². The molecule has 0 spiro atoms. The molecule has 0 bridgehead atoms. The zero-order chi connectivity index (χ0) is 20.5. The Morgan fingerprint density at radius 2 is 1.59 bits per heavy atom. The van der Waals surface area contributed by atoms with Crippen LogP contribution in [0.5, 0.6) is 5.75 Å². The van der Waals surface area contributed by atoms with Crippen LogP contribution >= 0.6 is 28.1 Å². The van der Waals surface area contributed by atoms with E-state index >= 15 is 0 Å². The highest BCUT2D eigenvalue weighted by atomic mass is 79.9. The molecule has 1 amide bonds. The Labute approximate surface area is 184 Å². The smallest absolute Gasteiger partial charge is 0.257 e. The maximum atomic E-state index is 12.4. The molecule has 29 heavy (non-hydrogen) atoms. The van der Waals surface area contributed by atoms with Gasteiger partial charge in [0.2, 0.25) is 0 Å². The molecular formula is C23H21BrN2O2S. The van der Waals surface area contributed by atoms with E-state index in [1.165, 1.54) is 5.56 Å². The van der Waals surface area contributed by atoms with E-state index in [1.807, 2.05) is 48.5 Å². The van der Waals surface area contributed by atoms with E-state index in [1.54, 1.807) is 18.2 Å². The van der Waals surface area contributed by atoms with Gasteiger partial charge in [0.15, 0.2) is 5.11 Å². The number of benzene rings is 3. The van der Waals surface area contributed by atoms with Crippen LogP contribution in [-0.4, -0.2) is 17.6 Å². The van der Waals surface area contributed by atoms with Crippen LogP contribution in [0.15, 0.2) is 83.3 Å². The Bertz CT molecular complexity index is 965. The van der Waals surface area contributed by atoms with Crippen LogP contribution in [0.2, 0.25) is 0 Å². The normalized spacial score (nSPS) is 10.2. The molecule has 3 aromatic rings. The molecule has 0 heterocycles. The van der Waals surface area contributed by atoms with Crippen LogP contribution in [0.3, 0.4) is 0 Å². The number of halogens is 1. The van der Waals surface area contributed by atoms with Crippen molar-refractivity contribution in [2.75, 3.05) is 6.61 Å². The van der Waals surface area contributed by atoms with Crippen molar-refractivity contribution in [3.63, 3.8) is 0 Å². The van der Waals surface area contributed by atoms with Gasteiger partial charge in [0.1, 0.15) is 5.75 Å².